The zero-order valence-corrected chi connectivity index (χ0v) is 14.2. The van der Waals surface area contributed by atoms with Crippen molar-refractivity contribution in [3.05, 3.63) is 47.8 Å². The molecule has 0 spiro atoms. The topological polar surface area (TPSA) is 58.5 Å². The Kier molecular flexibility index (Phi) is 3.65. The van der Waals surface area contributed by atoms with Crippen LogP contribution in [0.15, 0.2) is 45.2 Å². The Morgan fingerprint density at radius 2 is 1.48 bits per heavy atom. The molecule has 0 fully saturated rings. The highest BCUT2D eigenvalue weighted by Crippen LogP contribution is 2.29. The number of aromatic nitrogens is 2. The molecule has 0 aliphatic heterocycles. The van der Waals surface area contributed by atoms with E-state index in [1.807, 2.05) is 32.3 Å². The Balaban J connectivity index is 1.69. The van der Waals surface area contributed by atoms with Gasteiger partial charge in [-0.1, -0.05) is 6.07 Å². The molecule has 25 heavy (non-hydrogen) atoms. The summed E-state index contributed by atoms with van der Waals surface area (Å²) in [6.45, 7) is 0.824. The molecule has 7 heteroatoms. The van der Waals surface area contributed by atoms with Crippen LogP contribution in [0, 0.1) is 5.82 Å². The number of anilines is 2. The number of fused-ring (bicyclic) bond motifs is 2. The first-order valence-electron chi connectivity index (χ1n) is 7.83. The summed E-state index contributed by atoms with van der Waals surface area (Å²) in [5, 5.41) is 0. The van der Waals surface area contributed by atoms with Gasteiger partial charge >= 0.3 is 12.0 Å². The van der Waals surface area contributed by atoms with Crippen molar-refractivity contribution >= 4 is 34.2 Å². The predicted molar refractivity (Wildman–Crippen MR) is 93.4 cm³/mol. The highest BCUT2D eigenvalue weighted by Gasteiger charge is 2.18. The second kappa shape index (κ2) is 5.86. The van der Waals surface area contributed by atoms with Gasteiger partial charge in [0.2, 0.25) is 0 Å². The largest absolute Gasteiger partial charge is 0.423 e. The molecule has 2 aromatic heterocycles. The van der Waals surface area contributed by atoms with Gasteiger partial charge in [0.05, 0.1) is 0 Å². The van der Waals surface area contributed by atoms with Gasteiger partial charge in [0.25, 0.3) is 0 Å². The first-order chi connectivity index (χ1) is 12.0. The van der Waals surface area contributed by atoms with E-state index in [4.69, 9.17) is 8.83 Å². The molecule has 2 heterocycles. The Morgan fingerprint density at radius 3 is 2.12 bits per heavy atom. The zero-order chi connectivity index (χ0) is 17.6. The summed E-state index contributed by atoms with van der Waals surface area (Å²) in [6, 6.07) is 10.8. The highest BCUT2D eigenvalue weighted by molar-refractivity contribution is 5.77. The molecule has 0 aliphatic rings. The minimum atomic E-state index is -0.356. The van der Waals surface area contributed by atoms with Crippen molar-refractivity contribution in [3.8, 4) is 0 Å². The zero-order valence-electron chi connectivity index (χ0n) is 14.2. The normalized spacial score (nSPS) is 11.7. The number of rotatable bonds is 4. The smallest absolute Gasteiger partial charge is 0.306 e. The second-order valence-electron chi connectivity index (χ2n) is 6.20. The van der Waals surface area contributed by atoms with Gasteiger partial charge in [-0.2, -0.15) is 9.97 Å². The van der Waals surface area contributed by atoms with Gasteiger partial charge in [0.15, 0.2) is 11.2 Å². The van der Waals surface area contributed by atoms with E-state index in [-0.39, 0.29) is 5.82 Å². The molecular weight excluding hydrogens is 323 g/mol. The van der Waals surface area contributed by atoms with Gasteiger partial charge in [0, 0.05) is 19.7 Å². The van der Waals surface area contributed by atoms with Crippen molar-refractivity contribution < 1.29 is 13.2 Å². The lowest BCUT2D eigenvalue weighted by atomic mass is 10.2. The van der Waals surface area contributed by atoms with Crippen molar-refractivity contribution in [2.75, 3.05) is 26.0 Å². The van der Waals surface area contributed by atoms with Crippen LogP contribution >= 0.6 is 0 Å². The number of oxazole rings is 2. The van der Waals surface area contributed by atoms with Crippen LogP contribution in [0.4, 0.5) is 16.4 Å². The quantitative estimate of drug-likeness (QED) is 0.561. The van der Waals surface area contributed by atoms with Crippen LogP contribution in [-0.2, 0) is 6.54 Å². The lowest BCUT2D eigenvalue weighted by Gasteiger charge is -2.08. The number of nitrogens with zero attached hydrogens (tertiary/aromatic N) is 4. The summed E-state index contributed by atoms with van der Waals surface area (Å²) in [5.74, 6) is -0.356. The molecule has 0 N–H and O–H groups in total. The molecule has 128 valence electrons. The van der Waals surface area contributed by atoms with Gasteiger partial charge in [-0.05, 0) is 43.9 Å². The van der Waals surface area contributed by atoms with Crippen molar-refractivity contribution in [2.24, 2.45) is 0 Å². The van der Waals surface area contributed by atoms with Crippen LogP contribution in [0.3, 0.4) is 0 Å². The minimum Gasteiger partial charge on any atom is -0.423 e. The highest BCUT2D eigenvalue weighted by atomic mass is 19.1. The van der Waals surface area contributed by atoms with Crippen LogP contribution in [0.25, 0.3) is 22.2 Å². The molecule has 6 nitrogen and oxygen atoms in total. The van der Waals surface area contributed by atoms with E-state index in [0.29, 0.717) is 28.7 Å². The lowest BCUT2D eigenvalue weighted by Crippen LogP contribution is -2.10. The SMILES string of the molecule is CN(C)Cc1ccc2oc(N(C)c3nc4cc(F)ccc4o3)nc2c1. The van der Waals surface area contributed by atoms with Gasteiger partial charge in [-0.3, -0.25) is 4.90 Å². The summed E-state index contributed by atoms with van der Waals surface area (Å²) in [6.07, 6.45) is 0. The molecule has 0 radical (unpaired) electrons. The van der Waals surface area contributed by atoms with Crippen LogP contribution in [0.5, 0.6) is 0 Å². The number of halogens is 1. The standard InChI is InChI=1S/C18H17FN4O2/c1-22(2)10-11-4-6-15-13(8-11)20-17(24-15)23(3)18-21-14-9-12(19)5-7-16(14)25-18/h4-9H,10H2,1-3H3. The third-order valence-corrected chi connectivity index (χ3v) is 3.85. The van der Waals surface area contributed by atoms with E-state index in [1.54, 1.807) is 18.0 Å². The molecule has 0 aliphatic carbocycles. The van der Waals surface area contributed by atoms with Crippen molar-refractivity contribution in [3.63, 3.8) is 0 Å². The number of hydrogen-bond donors (Lipinski definition) is 0. The Morgan fingerprint density at radius 1 is 0.880 bits per heavy atom. The maximum Gasteiger partial charge on any atom is 0.306 e. The molecule has 0 saturated carbocycles. The lowest BCUT2D eigenvalue weighted by molar-refractivity contribution is 0.402. The van der Waals surface area contributed by atoms with Gasteiger partial charge in [-0.25, -0.2) is 4.39 Å². The van der Waals surface area contributed by atoms with E-state index < -0.39 is 0 Å². The molecule has 4 rings (SSSR count). The van der Waals surface area contributed by atoms with E-state index in [9.17, 15) is 4.39 Å². The third kappa shape index (κ3) is 2.94. The van der Waals surface area contributed by atoms with Crippen molar-refractivity contribution in [1.82, 2.24) is 14.9 Å². The van der Waals surface area contributed by atoms with E-state index in [2.05, 4.69) is 14.9 Å². The molecule has 0 bridgehead atoms. The summed E-state index contributed by atoms with van der Waals surface area (Å²) >= 11 is 0. The molecule has 0 saturated heterocycles. The fourth-order valence-corrected chi connectivity index (χ4v) is 2.68. The van der Waals surface area contributed by atoms with E-state index in [1.165, 1.54) is 12.1 Å². The average Bonchev–Trinajstić information content (AvgIpc) is 3.16. The summed E-state index contributed by atoms with van der Waals surface area (Å²) < 4.78 is 24.8. The summed E-state index contributed by atoms with van der Waals surface area (Å²) in [5.41, 5.74) is 3.56. The summed E-state index contributed by atoms with van der Waals surface area (Å²) in [4.78, 5) is 12.5. The Bertz CT molecular complexity index is 1050. The predicted octanol–water partition coefficient (Wildman–Crippen LogP) is 3.94. The minimum absolute atomic E-state index is 0.292. The molecule has 0 amide bonds. The fourth-order valence-electron chi connectivity index (χ4n) is 2.68. The molecule has 0 unspecified atom stereocenters. The summed E-state index contributed by atoms with van der Waals surface area (Å²) in [7, 11) is 5.77. The molecular formula is C18H17FN4O2. The maximum absolute atomic E-state index is 13.3. The molecule has 2 aromatic carbocycles. The van der Waals surface area contributed by atoms with Gasteiger partial charge < -0.3 is 13.7 Å². The van der Waals surface area contributed by atoms with Crippen LogP contribution < -0.4 is 4.90 Å². The Labute approximate surface area is 143 Å². The van der Waals surface area contributed by atoms with Gasteiger partial charge in [0.1, 0.15) is 16.9 Å². The average molecular weight is 340 g/mol. The van der Waals surface area contributed by atoms with Crippen LogP contribution in [0.1, 0.15) is 5.56 Å². The first-order valence-corrected chi connectivity index (χ1v) is 7.83. The van der Waals surface area contributed by atoms with Crippen LogP contribution in [0.2, 0.25) is 0 Å². The van der Waals surface area contributed by atoms with Crippen molar-refractivity contribution in [2.45, 2.75) is 6.54 Å². The van der Waals surface area contributed by atoms with E-state index >= 15 is 0 Å². The van der Waals surface area contributed by atoms with Gasteiger partial charge in [-0.15, -0.1) is 0 Å². The van der Waals surface area contributed by atoms with E-state index in [0.717, 1.165) is 17.6 Å². The number of benzene rings is 2. The third-order valence-electron chi connectivity index (χ3n) is 3.85. The maximum atomic E-state index is 13.3. The first kappa shape index (κ1) is 15.6. The fraction of sp³-hybridized carbons (Fsp3) is 0.222. The molecule has 0 atom stereocenters. The molecule has 4 aromatic rings. The second-order valence-corrected chi connectivity index (χ2v) is 6.20. The Hall–Kier alpha value is -2.93. The van der Waals surface area contributed by atoms with Crippen molar-refractivity contribution in [1.29, 1.82) is 0 Å². The number of hydrogen-bond acceptors (Lipinski definition) is 6. The van der Waals surface area contributed by atoms with Crippen LogP contribution in [-0.4, -0.2) is 36.0 Å². The monoisotopic (exact) mass is 340 g/mol.